The second-order valence-electron chi connectivity index (χ2n) is 16.1. The molecule has 0 saturated carbocycles. The maximum Gasteiger partial charge on any atom is 0.306 e. The minimum Gasteiger partial charge on any atom is -0.756 e. The van der Waals surface area contributed by atoms with Gasteiger partial charge in [-0.25, -0.2) is 0 Å². The predicted molar refractivity (Wildman–Crippen MR) is 218 cm³/mol. The Morgan fingerprint density at radius 3 is 1.40 bits per heavy atom. The first-order valence-corrected chi connectivity index (χ1v) is 23.4. The summed E-state index contributed by atoms with van der Waals surface area (Å²) in [5.74, 6) is -0.835. The summed E-state index contributed by atoms with van der Waals surface area (Å²) in [4.78, 5) is 37.5. The third kappa shape index (κ3) is 40.2. The van der Waals surface area contributed by atoms with Gasteiger partial charge in [0.1, 0.15) is 19.8 Å². The monoisotopic (exact) mass is 774 g/mol. The maximum absolute atomic E-state index is 12.7. The maximum atomic E-state index is 12.7. The Balaban J connectivity index is 4.35. The van der Waals surface area contributed by atoms with Crippen molar-refractivity contribution in [1.29, 1.82) is 0 Å². The minimum absolute atomic E-state index is 0.0290. The molecule has 2 atom stereocenters. The van der Waals surface area contributed by atoms with Crippen LogP contribution in [0.1, 0.15) is 200 Å². The molecular formula is C43H84NO8P. The number of hydrogen-bond donors (Lipinski definition) is 0. The molecule has 0 aliphatic rings. The van der Waals surface area contributed by atoms with Crippen LogP contribution in [-0.2, 0) is 32.7 Å². The predicted octanol–water partition coefficient (Wildman–Crippen LogP) is 11.6. The number of carbonyl (C=O) groups is 2. The summed E-state index contributed by atoms with van der Waals surface area (Å²) < 4.78 is 33.9. The van der Waals surface area contributed by atoms with E-state index in [4.69, 9.17) is 18.5 Å². The van der Waals surface area contributed by atoms with Crippen LogP contribution in [-0.4, -0.2) is 70.0 Å². The van der Waals surface area contributed by atoms with Gasteiger partial charge in [0.05, 0.1) is 27.7 Å². The summed E-state index contributed by atoms with van der Waals surface area (Å²) in [6.45, 7) is 4.23. The number of quaternary nitrogens is 1. The fraction of sp³-hybridized carbons (Fsp3) is 0.907. The zero-order chi connectivity index (χ0) is 39.3. The highest BCUT2D eigenvalue weighted by molar-refractivity contribution is 7.45. The number of rotatable bonds is 40. The zero-order valence-corrected chi connectivity index (χ0v) is 36.1. The van der Waals surface area contributed by atoms with E-state index in [0.717, 1.165) is 51.4 Å². The fourth-order valence-electron chi connectivity index (χ4n) is 6.06. The van der Waals surface area contributed by atoms with Gasteiger partial charge in [-0.15, -0.1) is 0 Å². The van der Waals surface area contributed by atoms with Crippen LogP contribution in [0.2, 0.25) is 0 Å². The Morgan fingerprint density at radius 1 is 0.566 bits per heavy atom. The fourth-order valence-corrected chi connectivity index (χ4v) is 6.79. The molecule has 10 heteroatoms. The molecule has 0 aromatic heterocycles. The average Bonchev–Trinajstić information content (AvgIpc) is 3.10. The number of unbranched alkanes of at least 4 members (excludes halogenated alkanes) is 24. The molecule has 0 radical (unpaired) electrons. The van der Waals surface area contributed by atoms with Gasteiger partial charge < -0.3 is 27.9 Å². The van der Waals surface area contributed by atoms with Gasteiger partial charge >= 0.3 is 11.9 Å². The van der Waals surface area contributed by atoms with E-state index >= 15 is 0 Å². The van der Waals surface area contributed by atoms with Gasteiger partial charge in [0, 0.05) is 12.8 Å². The highest BCUT2D eigenvalue weighted by Gasteiger charge is 2.21. The molecule has 2 unspecified atom stereocenters. The molecule has 0 fully saturated rings. The van der Waals surface area contributed by atoms with Gasteiger partial charge in [-0.2, -0.15) is 0 Å². The van der Waals surface area contributed by atoms with E-state index in [0.29, 0.717) is 17.4 Å². The molecule has 314 valence electrons. The summed E-state index contributed by atoms with van der Waals surface area (Å²) in [6.07, 6.45) is 36.6. The summed E-state index contributed by atoms with van der Waals surface area (Å²) in [5, 5.41) is 0. The Morgan fingerprint density at radius 2 is 0.962 bits per heavy atom. The van der Waals surface area contributed by atoms with Crippen LogP contribution in [0, 0.1) is 0 Å². The highest BCUT2D eigenvalue weighted by atomic mass is 31.2. The van der Waals surface area contributed by atoms with E-state index in [1.165, 1.54) is 116 Å². The van der Waals surface area contributed by atoms with Gasteiger partial charge in [-0.3, -0.25) is 14.2 Å². The van der Waals surface area contributed by atoms with Gasteiger partial charge in [0.2, 0.25) is 0 Å². The first-order valence-electron chi connectivity index (χ1n) is 21.9. The molecule has 0 bridgehead atoms. The molecule has 0 aromatic rings. The number of carbonyl (C=O) groups excluding carboxylic acids is 2. The molecular weight excluding hydrogens is 689 g/mol. The molecule has 0 heterocycles. The second-order valence-corrected chi connectivity index (χ2v) is 17.5. The molecule has 0 spiro atoms. The lowest BCUT2D eigenvalue weighted by Gasteiger charge is -2.28. The van der Waals surface area contributed by atoms with E-state index in [1.54, 1.807) is 0 Å². The number of ether oxygens (including phenoxy) is 2. The molecule has 0 aromatic carbocycles. The summed E-state index contributed by atoms with van der Waals surface area (Å²) in [6, 6.07) is 0. The van der Waals surface area contributed by atoms with Crippen LogP contribution in [0.15, 0.2) is 12.2 Å². The zero-order valence-electron chi connectivity index (χ0n) is 35.2. The SMILES string of the molecule is CCCCCCC/C=C\CCCCCCCC(=O)OCC(COP(=O)([O-])OCC[N+](C)(C)C)OC(=O)CCCCCCCCCCCCCCCCC. The standard InChI is InChI=1S/C43H84NO8P/c1-6-8-10-12-14-16-18-20-22-24-26-28-30-32-34-36-43(46)52-41(40-51-53(47,48)50-38-37-44(3,4)5)39-49-42(45)35-33-31-29-27-25-23-21-19-17-15-13-11-9-7-2/h19,21,41H,6-18,20,22-40H2,1-5H3/b21-19-. The lowest BCUT2D eigenvalue weighted by Crippen LogP contribution is -2.37. The van der Waals surface area contributed by atoms with Crippen molar-refractivity contribution in [2.75, 3.05) is 47.5 Å². The molecule has 53 heavy (non-hydrogen) atoms. The number of hydrogen-bond acceptors (Lipinski definition) is 8. The second kappa shape index (κ2) is 36.4. The van der Waals surface area contributed by atoms with Gasteiger partial charge in [-0.1, -0.05) is 161 Å². The molecule has 0 rings (SSSR count). The molecule has 0 aliphatic carbocycles. The van der Waals surface area contributed by atoms with Crippen LogP contribution in [0.25, 0.3) is 0 Å². The van der Waals surface area contributed by atoms with Gasteiger partial charge in [0.25, 0.3) is 7.82 Å². The number of nitrogens with zero attached hydrogens (tertiary/aromatic N) is 1. The molecule has 0 aliphatic heterocycles. The Kier molecular flexibility index (Phi) is 35.5. The van der Waals surface area contributed by atoms with Crippen molar-refractivity contribution in [3.05, 3.63) is 12.2 Å². The summed E-state index contributed by atoms with van der Waals surface area (Å²) in [5.41, 5.74) is 0. The van der Waals surface area contributed by atoms with Crippen LogP contribution >= 0.6 is 7.82 Å². The Hall–Kier alpha value is -1.25. The lowest BCUT2D eigenvalue weighted by molar-refractivity contribution is -0.870. The smallest absolute Gasteiger partial charge is 0.306 e. The summed E-state index contributed by atoms with van der Waals surface area (Å²) >= 11 is 0. The van der Waals surface area contributed by atoms with E-state index in [2.05, 4.69) is 26.0 Å². The largest absolute Gasteiger partial charge is 0.756 e. The van der Waals surface area contributed by atoms with Crippen LogP contribution in [0.4, 0.5) is 0 Å². The number of phosphoric ester groups is 1. The van der Waals surface area contributed by atoms with Crippen molar-refractivity contribution in [2.45, 2.75) is 206 Å². The quantitative estimate of drug-likeness (QED) is 0.0199. The van der Waals surface area contributed by atoms with Crippen LogP contribution in [0.3, 0.4) is 0 Å². The van der Waals surface area contributed by atoms with Crippen LogP contribution < -0.4 is 4.89 Å². The Bertz CT molecular complexity index is 922. The number of likely N-dealkylation sites (N-methyl/N-ethyl adjacent to an activating group) is 1. The van der Waals surface area contributed by atoms with Gasteiger partial charge in [-0.05, 0) is 38.5 Å². The van der Waals surface area contributed by atoms with Crippen LogP contribution in [0.5, 0.6) is 0 Å². The van der Waals surface area contributed by atoms with Crippen molar-refractivity contribution in [3.63, 3.8) is 0 Å². The topological polar surface area (TPSA) is 111 Å². The van der Waals surface area contributed by atoms with E-state index in [1.807, 2.05) is 21.1 Å². The van der Waals surface area contributed by atoms with Crippen molar-refractivity contribution in [1.82, 2.24) is 0 Å². The molecule has 0 saturated heterocycles. The van der Waals surface area contributed by atoms with Crippen molar-refractivity contribution >= 4 is 19.8 Å². The first kappa shape index (κ1) is 51.8. The average molecular weight is 774 g/mol. The van der Waals surface area contributed by atoms with E-state index in [-0.39, 0.29) is 32.0 Å². The normalized spacial score (nSPS) is 13.7. The Labute approximate surface area is 326 Å². The third-order valence-electron chi connectivity index (χ3n) is 9.54. The number of allylic oxidation sites excluding steroid dienone is 2. The minimum atomic E-state index is -4.62. The highest BCUT2D eigenvalue weighted by Crippen LogP contribution is 2.38. The van der Waals surface area contributed by atoms with Crippen molar-refractivity contribution in [3.8, 4) is 0 Å². The van der Waals surface area contributed by atoms with Crippen molar-refractivity contribution in [2.24, 2.45) is 0 Å². The molecule has 0 N–H and O–H groups in total. The lowest BCUT2D eigenvalue weighted by atomic mass is 10.0. The molecule has 0 amide bonds. The van der Waals surface area contributed by atoms with E-state index in [9.17, 15) is 19.0 Å². The number of esters is 2. The summed E-state index contributed by atoms with van der Waals surface area (Å²) in [7, 11) is 1.17. The third-order valence-corrected chi connectivity index (χ3v) is 10.5. The van der Waals surface area contributed by atoms with Crippen molar-refractivity contribution < 1.29 is 42.1 Å². The van der Waals surface area contributed by atoms with E-state index < -0.39 is 26.5 Å². The number of phosphoric acid groups is 1. The first-order chi connectivity index (χ1) is 25.5. The van der Waals surface area contributed by atoms with Gasteiger partial charge in [0.15, 0.2) is 6.10 Å². The molecule has 9 nitrogen and oxygen atoms in total.